The van der Waals surface area contributed by atoms with E-state index in [2.05, 4.69) is 23.7 Å². The zero-order chi connectivity index (χ0) is 37.3. The average Bonchev–Trinajstić information content (AvgIpc) is 3.51. The molecule has 7 nitrogen and oxygen atoms in total. The minimum Gasteiger partial charge on any atom is -0.393 e. The van der Waals surface area contributed by atoms with Crippen molar-refractivity contribution in [3.05, 3.63) is 83.2 Å². The summed E-state index contributed by atoms with van der Waals surface area (Å²) in [5.74, 6) is 0.318. The van der Waals surface area contributed by atoms with Crippen LogP contribution in [0.25, 0.3) is 0 Å². The maximum atomic E-state index is 14.6. The van der Waals surface area contributed by atoms with E-state index in [1.807, 2.05) is 60.7 Å². The summed E-state index contributed by atoms with van der Waals surface area (Å²) in [5.41, 5.74) is 5.71. The third kappa shape index (κ3) is 9.79. The lowest BCUT2D eigenvalue weighted by molar-refractivity contribution is -0.120. The van der Waals surface area contributed by atoms with Gasteiger partial charge in [0.05, 0.1) is 24.2 Å². The minimum atomic E-state index is -1.03. The molecule has 0 spiro atoms. The third-order valence-electron chi connectivity index (χ3n) is 12.1. The van der Waals surface area contributed by atoms with Crippen LogP contribution >= 0.6 is 0 Å². The summed E-state index contributed by atoms with van der Waals surface area (Å²) in [5, 5.41) is 26.1. The molecule has 0 radical (unpaired) electrons. The molecule has 3 fully saturated rings. The van der Waals surface area contributed by atoms with Crippen LogP contribution in [-0.2, 0) is 11.3 Å². The number of nitrogens with one attached hydrogen (secondary N) is 1. The molecule has 288 valence electrons. The van der Waals surface area contributed by atoms with E-state index in [9.17, 15) is 24.2 Å². The van der Waals surface area contributed by atoms with Gasteiger partial charge < -0.3 is 20.1 Å². The molecule has 3 N–H and O–H groups in total. The molecule has 2 amide bonds. The number of halogens is 1. The Bertz CT molecular complexity index is 1570. The van der Waals surface area contributed by atoms with E-state index in [1.165, 1.54) is 24.1 Å². The van der Waals surface area contributed by atoms with Crippen LogP contribution in [-0.4, -0.2) is 51.0 Å². The van der Waals surface area contributed by atoms with E-state index in [4.69, 9.17) is 0 Å². The molecular formula is C45H62FN3O4. The van der Waals surface area contributed by atoms with Gasteiger partial charge in [0.2, 0.25) is 5.91 Å². The highest BCUT2D eigenvalue weighted by Gasteiger charge is 2.38. The summed E-state index contributed by atoms with van der Waals surface area (Å²) in [6.45, 7) is 4.82. The van der Waals surface area contributed by atoms with Crippen LogP contribution in [0, 0.1) is 0 Å². The first-order chi connectivity index (χ1) is 25.7. The van der Waals surface area contributed by atoms with Gasteiger partial charge in [-0.3, -0.25) is 14.5 Å². The fourth-order valence-corrected chi connectivity index (χ4v) is 9.51. The van der Waals surface area contributed by atoms with Crippen molar-refractivity contribution in [1.29, 1.82) is 0 Å². The van der Waals surface area contributed by atoms with Crippen molar-refractivity contribution >= 4 is 23.2 Å². The number of nitrogens with zero attached hydrogens (tertiary/aromatic N) is 2. The topological polar surface area (TPSA) is 94.8 Å². The fourth-order valence-electron chi connectivity index (χ4n) is 9.51. The zero-order valence-electron chi connectivity index (χ0n) is 32.0. The van der Waals surface area contributed by atoms with Crippen molar-refractivity contribution in [2.24, 2.45) is 0 Å². The Labute approximate surface area is 316 Å². The highest BCUT2D eigenvalue weighted by molar-refractivity contribution is 6.00. The SMILES string of the molecule is CC(C)c1c(C(=O)NC2CCCCC2)c(C2CCCCC2)c(C2CCC(F)CC2)n1CC[C@@H](O)C[C@@H](O)CC(=O)N(c1ccccc1)c1ccccc1. The second kappa shape index (κ2) is 18.7. The molecular weight excluding hydrogens is 666 g/mol. The number of anilines is 2. The van der Waals surface area contributed by atoms with Gasteiger partial charge in [-0.2, -0.15) is 0 Å². The van der Waals surface area contributed by atoms with E-state index in [1.54, 1.807) is 4.90 Å². The Morgan fingerprint density at radius 3 is 1.91 bits per heavy atom. The van der Waals surface area contributed by atoms with Gasteiger partial charge in [-0.25, -0.2) is 4.39 Å². The summed E-state index contributed by atoms with van der Waals surface area (Å²) in [7, 11) is 0. The van der Waals surface area contributed by atoms with Crippen molar-refractivity contribution in [2.75, 3.05) is 4.90 Å². The van der Waals surface area contributed by atoms with Crippen molar-refractivity contribution in [3.8, 4) is 0 Å². The molecule has 0 saturated heterocycles. The monoisotopic (exact) mass is 727 g/mol. The Balaban J connectivity index is 1.26. The minimum absolute atomic E-state index is 0.0382. The molecule has 0 bridgehead atoms. The van der Waals surface area contributed by atoms with Gasteiger partial charge in [0.25, 0.3) is 5.91 Å². The van der Waals surface area contributed by atoms with E-state index >= 15 is 0 Å². The van der Waals surface area contributed by atoms with Crippen LogP contribution in [0.5, 0.6) is 0 Å². The maximum Gasteiger partial charge on any atom is 0.253 e. The third-order valence-corrected chi connectivity index (χ3v) is 12.1. The smallest absolute Gasteiger partial charge is 0.253 e. The van der Waals surface area contributed by atoms with Crippen molar-refractivity contribution in [2.45, 2.75) is 172 Å². The molecule has 8 heteroatoms. The number of aliphatic hydroxyl groups excluding tert-OH is 2. The van der Waals surface area contributed by atoms with Gasteiger partial charge in [0.1, 0.15) is 6.17 Å². The van der Waals surface area contributed by atoms with E-state index in [0.717, 1.165) is 86.8 Å². The van der Waals surface area contributed by atoms with Gasteiger partial charge in [-0.1, -0.05) is 88.8 Å². The number of rotatable bonds is 14. The molecule has 3 aliphatic carbocycles. The van der Waals surface area contributed by atoms with Crippen LogP contribution in [0.4, 0.5) is 15.8 Å². The molecule has 2 aromatic carbocycles. The van der Waals surface area contributed by atoms with Crippen LogP contribution in [0.15, 0.2) is 60.7 Å². The van der Waals surface area contributed by atoms with Crippen LogP contribution in [0.1, 0.15) is 168 Å². The summed E-state index contributed by atoms with van der Waals surface area (Å²) < 4.78 is 16.9. The molecule has 0 aliphatic heterocycles. The van der Waals surface area contributed by atoms with Gasteiger partial charge in [0.15, 0.2) is 0 Å². The van der Waals surface area contributed by atoms with Crippen molar-refractivity contribution in [3.63, 3.8) is 0 Å². The lowest BCUT2D eigenvalue weighted by atomic mass is 9.77. The predicted octanol–water partition coefficient (Wildman–Crippen LogP) is 9.97. The van der Waals surface area contributed by atoms with Gasteiger partial charge in [-0.15, -0.1) is 0 Å². The molecule has 1 heterocycles. The summed E-state index contributed by atoms with van der Waals surface area (Å²) in [6.07, 6.45) is 11.4. The van der Waals surface area contributed by atoms with Crippen molar-refractivity contribution < 1.29 is 24.2 Å². The molecule has 1 aromatic heterocycles. The van der Waals surface area contributed by atoms with Gasteiger partial charge in [-0.05, 0) is 112 Å². The van der Waals surface area contributed by atoms with E-state index in [-0.39, 0.29) is 42.5 Å². The first-order valence-electron chi connectivity index (χ1n) is 20.7. The van der Waals surface area contributed by atoms with Gasteiger partial charge in [0, 0.05) is 35.3 Å². The summed E-state index contributed by atoms with van der Waals surface area (Å²) in [4.78, 5) is 29.9. The summed E-state index contributed by atoms with van der Waals surface area (Å²) in [6, 6.07) is 19.0. The molecule has 53 heavy (non-hydrogen) atoms. The number of amides is 2. The highest BCUT2D eigenvalue weighted by Crippen LogP contribution is 2.47. The largest absolute Gasteiger partial charge is 0.393 e. The number of carbonyl (C=O) groups is 2. The average molecular weight is 728 g/mol. The van der Waals surface area contributed by atoms with Crippen LogP contribution in [0.3, 0.4) is 0 Å². The predicted molar refractivity (Wildman–Crippen MR) is 211 cm³/mol. The number of aromatic nitrogens is 1. The molecule has 2 atom stereocenters. The Hall–Kier alpha value is -3.49. The second-order valence-electron chi connectivity index (χ2n) is 16.4. The molecule has 0 unspecified atom stereocenters. The van der Waals surface area contributed by atoms with Crippen LogP contribution < -0.4 is 10.2 Å². The van der Waals surface area contributed by atoms with E-state index in [0.29, 0.717) is 31.7 Å². The Morgan fingerprint density at radius 2 is 1.34 bits per heavy atom. The number of alkyl halides is 1. The number of aliphatic hydroxyl groups is 2. The standard InChI is InChI=1S/C45H62FN3O4/c1-31(2)43-42(45(53)47-35-17-9-4-10-18-35)41(32-15-7-3-8-16-32)44(33-23-25-34(46)26-24-33)48(43)28-27-38(50)29-39(51)30-40(52)49(36-19-11-5-12-20-36)37-21-13-6-14-22-37/h5-6,11-14,19-22,31-35,38-39,50-51H,3-4,7-10,15-18,23-30H2,1-2H3,(H,47,53)/t33?,34?,38-,39-/m1/s1. The zero-order valence-corrected chi connectivity index (χ0v) is 32.0. The van der Waals surface area contributed by atoms with Crippen molar-refractivity contribution in [1.82, 2.24) is 9.88 Å². The number of hydrogen-bond donors (Lipinski definition) is 3. The summed E-state index contributed by atoms with van der Waals surface area (Å²) >= 11 is 0. The lowest BCUT2D eigenvalue weighted by Gasteiger charge is -2.31. The molecule has 3 aliphatic rings. The number of benzene rings is 2. The Morgan fingerprint density at radius 1 is 0.774 bits per heavy atom. The lowest BCUT2D eigenvalue weighted by Crippen LogP contribution is -2.37. The molecule has 6 rings (SSSR count). The highest BCUT2D eigenvalue weighted by atomic mass is 19.1. The normalized spacial score (nSPS) is 21.3. The number of carbonyl (C=O) groups excluding carboxylic acids is 2. The molecule has 3 saturated carbocycles. The van der Waals surface area contributed by atoms with Gasteiger partial charge >= 0.3 is 0 Å². The second-order valence-corrected chi connectivity index (χ2v) is 16.4. The number of hydrogen-bond acceptors (Lipinski definition) is 4. The number of para-hydroxylation sites is 2. The van der Waals surface area contributed by atoms with E-state index < -0.39 is 18.4 Å². The molecule has 3 aromatic rings. The first kappa shape index (κ1) is 39.2. The van der Waals surface area contributed by atoms with Crippen LogP contribution in [0.2, 0.25) is 0 Å². The first-order valence-corrected chi connectivity index (χ1v) is 20.7. The maximum absolute atomic E-state index is 14.6. The Kier molecular flexibility index (Phi) is 13.8. The fraction of sp³-hybridized carbons (Fsp3) is 0.600. The quantitative estimate of drug-likeness (QED) is 0.154.